The third kappa shape index (κ3) is 11.2. The van der Waals surface area contributed by atoms with Crippen LogP contribution in [0.2, 0.25) is 36.3 Å². The quantitative estimate of drug-likeness (QED) is 0.106. The number of carbonyl (C=O) groups is 1. The second-order valence-corrected chi connectivity index (χ2v) is 29.3. The lowest BCUT2D eigenvalue weighted by atomic mass is 10.0. The van der Waals surface area contributed by atoms with Crippen molar-refractivity contribution in [2.45, 2.75) is 149 Å². The summed E-state index contributed by atoms with van der Waals surface area (Å²) >= 11 is 0. The molecule has 0 radical (unpaired) electrons. The Morgan fingerprint density at radius 1 is 0.774 bits per heavy atom. The van der Waals surface area contributed by atoms with Gasteiger partial charge in [-0.25, -0.2) is 8.42 Å². The summed E-state index contributed by atoms with van der Waals surface area (Å²) in [5.41, 5.74) is 3.91. The summed E-state index contributed by atoms with van der Waals surface area (Å²) in [5, 5.41) is -0.0250. The molecule has 3 aromatic carbocycles. The lowest BCUT2D eigenvalue weighted by molar-refractivity contribution is -0.160. The molecule has 0 unspecified atom stereocenters. The Morgan fingerprint density at radius 3 is 1.75 bits per heavy atom. The number of sulfonamides is 1. The molecule has 0 fully saturated rings. The lowest BCUT2D eigenvalue weighted by Crippen LogP contribution is -2.48. The molecule has 0 aliphatic rings. The van der Waals surface area contributed by atoms with Gasteiger partial charge in [-0.3, -0.25) is 4.79 Å². The normalized spacial score (nSPS) is 15.5. The van der Waals surface area contributed by atoms with Gasteiger partial charge in [0.2, 0.25) is 10.0 Å². The molecule has 0 aliphatic heterocycles. The summed E-state index contributed by atoms with van der Waals surface area (Å²) in [6, 6.07) is 22.1. The van der Waals surface area contributed by atoms with Gasteiger partial charge in [-0.2, -0.15) is 4.31 Å². The highest BCUT2D eigenvalue weighted by Gasteiger charge is 2.44. The molecular weight excluding hydrogens is 715 g/mol. The van der Waals surface area contributed by atoms with Crippen molar-refractivity contribution < 1.29 is 26.8 Å². The number of esters is 1. The number of benzene rings is 3. The molecule has 3 rings (SSSR count). The minimum atomic E-state index is -4.07. The molecular formula is C43H67NO6SSi2. The van der Waals surface area contributed by atoms with Crippen LogP contribution in [-0.4, -0.2) is 54.1 Å². The molecule has 10 heteroatoms. The minimum Gasteiger partial charge on any atom is -0.455 e. The van der Waals surface area contributed by atoms with Crippen molar-refractivity contribution in [1.29, 1.82) is 0 Å². The van der Waals surface area contributed by atoms with Crippen LogP contribution in [0.5, 0.6) is 0 Å². The molecule has 0 saturated heterocycles. The molecule has 0 heterocycles. The number of nitrogens with zero attached hydrogens (tertiary/aromatic N) is 1. The number of aryl methyl sites for hydroxylation is 3. The maximum atomic E-state index is 14.9. The van der Waals surface area contributed by atoms with E-state index in [0.29, 0.717) is 29.7 Å². The first-order valence-corrected chi connectivity index (χ1v) is 26.3. The zero-order chi connectivity index (χ0) is 40.2. The predicted molar refractivity (Wildman–Crippen MR) is 224 cm³/mol. The highest BCUT2D eigenvalue weighted by molar-refractivity contribution is 7.89. The van der Waals surface area contributed by atoms with Crippen LogP contribution in [-0.2, 0) is 35.0 Å². The fraction of sp³-hybridized carbons (Fsp3) is 0.558. The Balaban J connectivity index is 2.08. The zero-order valence-corrected chi connectivity index (χ0v) is 38.0. The third-order valence-electron chi connectivity index (χ3n) is 11.5. The molecule has 53 heavy (non-hydrogen) atoms. The predicted octanol–water partition coefficient (Wildman–Crippen LogP) is 10.9. The van der Waals surface area contributed by atoms with Gasteiger partial charge in [0.25, 0.3) is 0 Å². The molecule has 0 amide bonds. The Labute approximate surface area is 324 Å². The molecule has 0 aliphatic carbocycles. The van der Waals surface area contributed by atoms with E-state index >= 15 is 0 Å². The van der Waals surface area contributed by atoms with E-state index in [1.165, 1.54) is 4.31 Å². The van der Waals surface area contributed by atoms with Gasteiger partial charge in [-0.05, 0) is 99.6 Å². The van der Waals surface area contributed by atoms with E-state index in [9.17, 15) is 13.2 Å². The van der Waals surface area contributed by atoms with Gasteiger partial charge < -0.3 is 13.6 Å². The van der Waals surface area contributed by atoms with E-state index < -0.39 is 56.8 Å². The van der Waals surface area contributed by atoms with Crippen molar-refractivity contribution >= 4 is 32.6 Å². The first-order valence-electron chi connectivity index (χ1n) is 19.0. The second-order valence-electron chi connectivity index (χ2n) is 17.9. The van der Waals surface area contributed by atoms with E-state index in [0.717, 1.165) is 11.1 Å². The average molecular weight is 782 g/mol. The highest BCUT2D eigenvalue weighted by atomic mass is 32.2. The van der Waals surface area contributed by atoms with E-state index in [2.05, 4.69) is 67.7 Å². The van der Waals surface area contributed by atoms with E-state index in [1.807, 2.05) is 107 Å². The number of carbonyl (C=O) groups excluding carboxylic acids is 1. The Kier molecular flexibility index (Phi) is 14.8. The Morgan fingerprint density at radius 2 is 1.26 bits per heavy atom. The largest absolute Gasteiger partial charge is 0.455 e. The Hall–Kier alpha value is -2.61. The molecule has 0 aromatic heterocycles. The maximum Gasteiger partial charge on any atom is 0.311 e. The maximum absolute atomic E-state index is 14.9. The molecule has 294 valence electrons. The van der Waals surface area contributed by atoms with Gasteiger partial charge in [-0.1, -0.05) is 120 Å². The lowest BCUT2D eigenvalue weighted by Gasteiger charge is -2.41. The van der Waals surface area contributed by atoms with Gasteiger partial charge in [-0.15, -0.1) is 0 Å². The molecule has 0 spiro atoms. The number of hydrogen-bond donors (Lipinski definition) is 0. The topological polar surface area (TPSA) is 82.1 Å². The van der Waals surface area contributed by atoms with Crippen LogP contribution in [0.1, 0.15) is 95.7 Å². The fourth-order valence-electron chi connectivity index (χ4n) is 6.14. The summed E-state index contributed by atoms with van der Waals surface area (Å²) < 4.78 is 51.3. The van der Waals surface area contributed by atoms with Crippen molar-refractivity contribution in [3.05, 3.63) is 101 Å². The SMILES string of the molecule is Cc1cc(C)c(S(=O)(=O)N(Cc2ccccc2)[C@H](C)[C@@H](OC(=O)[C@@H](C)[C@H](CCO[Si](C)(C)C(C)(C)C)O[Si](C)(C)C(C)(C)C)c2ccccc2)c(C)c1. The molecule has 4 atom stereocenters. The van der Waals surface area contributed by atoms with Gasteiger partial charge >= 0.3 is 5.97 Å². The summed E-state index contributed by atoms with van der Waals surface area (Å²) in [4.78, 5) is 14.8. The van der Waals surface area contributed by atoms with Crippen LogP contribution < -0.4 is 0 Å². The van der Waals surface area contributed by atoms with Crippen LogP contribution in [0.25, 0.3) is 0 Å². The first kappa shape index (κ1) is 44.8. The van der Waals surface area contributed by atoms with Crippen LogP contribution in [0.15, 0.2) is 77.7 Å². The third-order valence-corrected chi connectivity index (χ3v) is 22.8. The summed E-state index contributed by atoms with van der Waals surface area (Å²) in [7, 11) is -8.42. The van der Waals surface area contributed by atoms with Crippen molar-refractivity contribution in [3.63, 3.8) is 0 Å². The fourth-order valence-corrected chi connectivity index (χ4v) is 10.7. The molecule has 0 bridgehead atoms. The molecule has 7 nitrogen and oxygen atoms in total. The number of ether oxygens (including phenoxy) is 1. The van der Waals surface area contributed by atoms with Crippen molar-refractivity contribution in [3.8, 4) is 0 Å². The van der Waals surface area contributed by atoms with Gasteiger partial charge in [0, 0.05) is 13.2 Å². The standard InChI is InChI=1S/C43H67NO6SSi2/c1-31-28-32(2)40(33(3)29-31)51(46,47)44(30-36-22-18-16-19-23-36)35(5)39(37-24-20-17-21-25-37)49-41(45)34(4)38(50-53(14,15)43(9,10)11)26-27-48-52(12,13)42(6,7)8/h16-25,28-29,34-35,38-39H,26-27,30H2,1-15H3/t34-,35+,38-,39+/m0/s1. The van der Waals surface area contributed by atoms with Gasteiger partial charge in [0.15, 0.2) is 16.6 Å². The van der Waals surface area contributed by atoms with Crippen molar-refractivity contribution in [2.75, 3.05) is 6.61 Å². The van der Waals surface area contributed by atoms with Crippen LogP contribution in [0.4, 0.5) is 0 Å². The van der Waals surface area contributed by atoms with E-state index in [4.69, 9.17) is 13.6 Å². The monoisotopic (exact) mass is 781 g/mol. The van der Waals surface area contributed by atoms with Crippen LogP contribution >= 0.6 is 0 Å². The summed E-state index contributed by atoms with van der Waals surface area (Å²) in [6.07, 6.45) is -0.795. The molecule has 3 aromatic rings. The van der Waals surface area contributed by atoms with Gasteiger partial charge in [0.1, 0.15) is 6.10 Å². The van der Waals surface area contributed by atoms with E-state index in [1.54, 1.807) is 0 Å². The zero-order valence-electron chi connectivity index (χ0n) is 35.2. The molecule has 0 saturated carbocycles. The van der Waals surface area contributed by atoms with Crippen molar-refractivity contribution in [2.24, 2.45) is 5.92 Å². The van der Waals surface area contributed by atoms with E-state index in [-0.39, 0.29) is 21.5 Å². The van der Waals surface area contributed by atoms with Crippen LogP contribution in [0, 0.1) is 26.7 Å². The average Bonchev–Trinajstić information content (AvgIpc) is 3.04. The molecule has 0 N–H and O–H groups in total. The number of rotatable bonds is 16. The Bertz CT molecular complexity index is 1740. The highest BCUT2D eigenvalue weighted by Crippen LogP contribution is 2.41. The second kappa shape index (κ2) is 17.5. The van der Waals surface area contributed by atoms with Crippen LogP contribution in [0.3, 0.4) is 0 Å². The smallest absolute Gasteiger partial charge is 0.311 e. The summed E-state index contributed by atoms with van der Waals surface area (Å²) in [5.74, 6) is -1.06. The van der Waals surface area contributed by atoms with Crippen molar-refractivity contribution in [1.82, 2.24) is 4.31 Å². The minimum absolute atomic E-state index is 0.0496. The van der Waals surface area contributed by atoms with Gasteiger partial charge in [0.05, 0.1) is 23.0 Å². The first-order chi connectivity index (χ1) is 24.3. The number of hydrogen-bond acceptors (Lipinski definition) is 6. The summed E-state index contributed by atoms with van der Waals surface area (Å²) in [6.45, 7) is 32.0.